The molecule has 324 valence electrons. The number of nitrogens with zero attached hydrogens (tertiary/aromatic N) is 2. The van der Waals surface area contributed by atoms with Crippen molar-refractivity contribution in [2.75, 3.05) is 0 Å². The second-order valence-electron chi connectivity index (χ2n) is 17.7. The summed E-state index contributed by atoms with van der Waals surface area (Å²) in [5.41, 5.74) is 19.7. The molecule has 0 aliphatic heterocycles. The van der Waals surface area contributed by atoms with Crippen molar-refractivity contribution in [1.29, 1.82) is 0 Å². The minimum atomic E-state index is -3.29. The molecule has 11 aromatic rings. The number of rotatable bonds is 9. The standard InChI is InChI=1S/2C27H20NS.C8H9.Bi/c2*1-18-8-6-9-19(2)26(18)25-17-23-24(29-25)14-15-28-27(23)22-13-7-12-21(16-22)20-10-4-3-5-11-20;1-7-4-3-5-8(2)6-7;/h2*3-6,8-17H,1-2H3;3-5H,1-2H3;. The van der Waals surface area contributed by atoms with Crippen molar-refractivity contribution in [3.63, 3.8) is 0 Å². The van der Waals surface area contributed by atoms with E-state index in [1.165, 1.54) is 107 Å². The van der Waals surface area contributed by atoms with E-state index >= 15 is 0 Å². The van der Waals surface area contributed by atoms with Crippen LogP contribution < -0.4 is 9.81 Å². The van der Waals surface area contributed by atoms with Gasteiger partial charge in [0.1, 0.15) is 0 Å². The van der Waals surface area contributed by atoms with Crippen LogP contribution in [0.5, 0.6) is 0 Å². The number of pyridine rings is 2. The normalized spacial score (nSPS) is 11.6. The van der Waals surface area contributed by atoms with Gasteiger partial charge in [-0.3, -0.25) is 0 Å². The zero-order valence-electron chi connectivity index (χ0n) is 38.6. The Hall–Kier alpha value is -6.36. The van der Waals surface area contributed by atoms with E-state index in [4.69, 9.17) is 9.97 Å². The van der Waals surface area contributed by atoms with Crippen LogP contribution >= 0.6 is 22.7 Å². The fraction of sp³-hybridized carbons (Fsp3) is 0.0968. The van der Waals surface area contributed by atoms with Gasteiger partial charge in [0.2, 0.25) is 0 Å². The van der Waals surface area contributed by atoms with Crippen molar-refractivity contribution >= 4 is 74.4 Å². The van der Waals surface area contributed by atoms with Gasteiger partial charge in [-0.05, 0) is 0 Å². The second-order valence-corrected chi connectivity index (χ2v) is 28.3. The number of benzene rings is 7. The van der Waals surface area contributed by atoms with Crippen LogP contribution in [0.15, 0.2) is 188 Å². The molecule has 0 bridgehead atoms. The summed E-state index contributed by atoms with van der Waals surface area (Å²) in [5, 5.41) is 2.39. The predicted octanol–water partition coefficient (Wildman–Crippen LogP) is 15.3. The Kier molecular flexibility index (Phi) is 11.6. The molecule has 7 aromatic carbocycles. The molecule has 0 amide bonds. The Bertz CT molecular complexity index is 3380. The van der Waals surface area contributed by atoms with Crippen LogP contribution in [-0.2, 0) is 0 Å². The van der Waals surface area contributed by atoms with Crippen molar-refractivity contribution in [3.8, 4) is 65.6 Å². The maximum absolute atomic E-state index is 5.24. The van der Waals surface area contributed by atoms with Crippen LogP contribution in [0.4, 0.5) is 0 Å². The van der Waals surface area contributed by atoms with E-state index < -0.39 is 21.8 Å². The third-order valence-electron chi connectivity index (χ3n) is 13.1. The van der Waals surface area contributed by atoms with Gasteiger partial charge in [-0.2, -0.15) is 0 Å². The van der Waals surface area contributed by atoms with Crippen molar-refractivity contribution in [2.24, 2.45) is 0 Å². The van der Waals surface area contributed by atoms with Gasteiger partial charge < -0.3 is 0 Å². The topological polar surface area (TPSA) is 25.8 Å². The van der Waals surface area contributed by atoms with E-state index in [0.717, 1.165) is 22.5 Å². The number of hydrogen-bond acceptors (Lipinski definition) is 4. The maximum atomic E-state index is 5.24. The van der Waals surface area contributed by atoms with E-state index in [-0.39, 0.29) is 0 Å². The summed E-state index contributed by atoms with van der Waals surface area (Å²) in [7, 11) is 0. The molecule has 0 unspecified atom stereocenters. The molecule has 0 N–H and O–H groups in total. The van der Waals surface area contributed by atoms with E-state index in [9.17, 15) is 0 Å². The molecule has 0 spiro atoms. The molecule has 0 saturated carbocycles. The van der Waals surface area contributed by atoms with Crippen molar-refractivity contribution in [3.05, 3.63) is 222 Å². The average molecular weight is 1100 g/mol. The van der Waals surface area contributed by atoms with Gasteiger partial charge in [-0.15, -0.1) is 0 Å². The number of hydrogen-bond donors (Lipinski definition) is 0. The number of thiophene rings is 2. The summed E-state index contributed by atoms with van der Waals surface area (Å²) in [5.74, 6) is 0. The van der Waals surface area contributed by atoms with Crippen LogP contribution in [0.3, 0.4) is 0 Å². The third kappa shape index (κ3) is 8.18. The molecule has 0 aliphatic rings. The molecule has 2 nitrogen and oxygen atoms in total. The van der Waals surface area contributed by atoms with Gasteiger partial charge >= 0.3 is 413 Å². The SMILES string of the molecule is Cc1cccc(C)c1-c1cc2c(-c3cc(-c4ccccc4)c[c]([Bi]([c]4cc(-c5ccccc5)cc(-c5nccc6sc(-c7c(C)cccc7C)cc56)c4)[c]4c(C)cccc4C)c3)nccc2s1. The van der Waals surface area contributed by atoms with Crippen molar-refractivity contribution in [2.45, 2.75) is 41.5 Å². The molecule has 0 fully saturated rings. The minimum absolute atomic E-state index is 1.03. The molecule has 5 heteroatoms. The van der Waals surface area contributed by atoms with Crippen LogP contribution in [-0.4, -0.2) is 31.7 Å². The average Bonchev–Trinajstić information content (AvgIpc) is 3.98. The Morgan fingerprint density at radius 2 is 0.716 bits per heavy atom. The summed E-state index contributed by atoms with van der Waals surface area (Å²) < 4.78 is 6.85. The first-order valence-electron chi connectivity index (χ1n) is 22.9. The number of aryl methyl sites for hydroxylation is 6. The number of fused-ring (bicyclic) bond motifs is 2. The molecular weight excluding hydrogens is 1050 g/mol. The fourth-order valence-corrected chi connectivity index (χ4v) is 23.1. The third-order valence-corrected chi connectivity index (χ3v) is 25.9. The molecule has 0 radical (unpaired) electrons. The van der Waals surface area contributed by atoms with Gasteiger partial charge in [0.05, 0.1) is 0 Å². The Balaban J connectivity index is 1.17. The molecule has 0 aliphatic carbocycles. The van der Waals surface area contributed by atoms with E-state index in [2.05, 4.69) is 217 Å². The summed E-state index contributed by atoms with van der Waals surface area (Å²) in [4.78, 5) is 13.0. The second kappa shape index (κ2) is 18.0. The van der Waals surface area contributed by atoms with Gasteiger partial charge in [0, 0.05) is 0 Å². The van der Waals surface area contributed by atoms with Crippen LogP contribution in [0.2, 0.25) is 0 Å². The quantitative estimate of drug-likeness (QED) is 0.135. The molecule has 0 saturated heterocycles. The Labute approximate surface area is 410 Å². The van der Waals surface area contributed by atoms with Gasteiger partial charge in [0.15, 0.2) is 0 Å². The zero-order valence-corrected chi connectivity index (χ0v) is 43.7. The molecule has 11 rings (SSSR count). The predicted molar refractivity (Wildman–Crippen MR) is 291 cm³/mol. The number of aromatic nitrogens is 2. The Morgan fingerprint density at radius 3 is 1.12 bits per heavy atom. The first-order valence-corrected chi connectivity index (χ1v) is 29.7. The van der Waals surface area contributed by atoms with Crippen molar-refractivity contribution in [1.82, 2.24) is 9.97 Å². The molecule has 67 heavy (non-hydrogen) atoms. The molecular formula is C62H49BiN2S2. The zero-order chi connectivity index (χ0) is 45.8. The van der Waals surface area contributed by atoms with Gasteiger partial charge in [-0.25, -0.2) is 0 Å². The summed E-state index contributed by atoms with van der Waals surface area (Å²) in [6, 6.07) is 65.8. The van der Waals surface area contributed by atoms with E-state index in [1.54, 1.807) is 0 Å². The summed E-state index contributed by atoms with van der Waals surface area (Å²) >= 11 is 0.437. The van der Waals surface area contributed by atoms with E-state index in [0.29, 0.717) is 0 Å². The van der Waals surface area contributed by atoms with Gasteiger partial charge in [0.25, 0.3) is 0 Å². The van der Waals surface area contributed by atoms with E-state index in [1.807, 2.05) is 35.1 Å². The van der Waals surface area contributed by atoms with Crippen LogP contribution in [0, 0.1) is 41.5 Å². The van der Waals surface area contributed by atoms with Crippen LogP contribution in [0.1, 0.15) is 33.4 Å². The fourth-order valence-electron chi connectivity index (χ4n) is 9.95. The first kappa shape index (κ1) is 43.2. The summed E-state index contributed by atoms with van der Waals surface area (Å²) in [6.45, 7) is 13.5. The summed E-state index contributed by atoms with van der Waals surface area (Å²) in [6.07, 6.45) is 4.01. The first-order chi connectivity index (χ1) is 32.7. The van der Waals surface area contributed by atoms with Crippen molar-refractivity contribution < 1.29 is 0 Å². The molecule has 4 heterocycles. The van der Waals surface area contributed by atoms with Gasteiger partial charge in [-0.1, -0.05) is 0 Å². The molecule has 0 atom stereocenters. The monoisotopic (exact) mass is 1090 g/mol. The van der Waals surface area contributed by atoms with Crippen LogP contribution in [0.25, 0.3) is 85.8 Å². The Morgan fingerprint density at radius 1 is 0.343 bits per heavy atom. The molecule has 4 aromatic heterocycles.